The third kappa shape index (κ3) is 8.20. The molecule has 1 amide bonds. The highest BCUT2D eigenvalue weighted by molar-refractivity contribution is 5.84. The van der Waals surface area contributed by atoms with E-state index in [0.29, 0.717) is 19.1 Å². The molecule has 0 aliphatic heterocycles. The summed E-state index contributed by atoms with van der Waals surface area (Å²) in [5.41, 5.74) is 1.14. The molecule has 0 fully saturated rings. The molecule has 0 unspecified atom stereocenters. The maximum Gasteiger partial charge on any atom is 0.243 e. The smallest absolute Gasteiger partial charge is 0.243 e. The van der Waals surface area contributed by atoms with Crippen molar-refractivity contribution in [3.8, 4) is 5.75 Å². The second kappa shape index (κ2) is 12.1. The van der Waals surface area contributed by atoms with Crippen LogP contribution in [0.4, 0.5) is 0 Å². The average Bonchev–Trinajstić information content (AvgIpc) is 2.64. The fourth-order valence-corrected chi connectivity index (χ4v) is 2.19. The van der Waals surface area contributed by atoms with Crippen molar-refractivity contribution >= 4 is 11.9 Å². The van der Waals surface area contributed by atoms with Gasteiger partial charge >= 0.3 is 0 Å². The standard InChI is InChI=1S/C19H32N4O3/c1-6-26-13-7-12-20-19(21-14-18(24)22(2)3)23(4)15-16-8-10-17(25-5)11-9-16/h8-11H,6-7,12-15H2,1-5H3,(H,20,21). The molecule has 0 aliphatic carbocycles. The van der Waals surface area contributed by atoms with E-state index in [-0.39, 0.29) is 12.5 Å². The molecule has 7 heteroatoms. The van der Waals surface area contributed by atoms with Crippen molar-refractivity contribution in [1.82, 2.24) is 15.1 Å². The van der Waals surface area contributed by atoms with Crippen LogP contribution in [0.25, 0.3) is 0 Å². The van der Waals surface area contributed by atoms with Gasteiger partial charge in [0.15, 0.2) is 5.96 Å². The molecule has 0 atom stereocenters. The first-order valence-corrected chi connectivity index (χ1v) is 8.88. The molecular weight excluding hydrogens is 332 g/mol. The van der Waals surface area contributed by atoms with Gasteiger partial charge in [-0.15, -0.1) is 0 Å². The maximum absolute atomic E-state index is 11.9. The van der Waals surface area contributed by atoms with Gasteiger partial charge in [0.25, 0.3) is 0 Å². The highest BCUT2D eigenvalue weighted by Gasteiger charge is 2.09. The van der Waals surface area contributed by atoms with Crippen LogP contribution in [0.2, 0.25) is 0 Å². The molecule has 7 nitrogen and oxygen atoms in total. The predicted octanol–water partition coefficient (Wildman–Crippen LogP) is 1.59. The fourth-order valence-electron chi connectivity index (χ4n) is 2.19. The lowest BCUT2D eigenvalue weighted by atomic mass is 10.2. The van der Waals surface area contributed by atoms with E-state index in [0.717, 1.165) is 30.9 Å². The maximum atomic E-state index is 11.9. The van der Waals surface area contributed by atoms with Crippen molar-refractivity contribution in [2.45, 2.75) is 19.9 Å². The minimum atomic E-state index is -0.0311. The fraction of sp³-hybridized carbons (Fsp3) is 0.579. The molecule has 1 aromatic carbocycles. The van der Waals surface area contributed by atoms with E-state index in [1.165, 1.54) is 0 Å². The number of carbonyl (C=O) groups excluding carboxylic acids is 1. The molecule has 0 heterocycles. The Morgan fingerprint density at radius 3 is 2.46 bits per heavy atom. The summed E-state index contributed by atoms with van der Waals surface area (Å²) in [6.07, 6.45) is 0.880. The Morgan fingerprint density at radius 2 is 1.88 bits per heavy atom. The van der Waals surface area contributed by atoms with E-state index in [9.17, 15) is 4.79 Å². The Kier molecular flexibility index (Phi) is 10.2. The molecule has 0 aromatic heterocycles. The van der Waals surface area contributed by atoms with Gasteiger partial charge in [-0.1, -0.05) is 12.1 Å². The van der Waals surface area contributed by atoms with Crippen LogP contribution in [0.1, 0.15) is 18.9 Å². The van der Waals surface area contributed by atoms with E-state index in [4.69, 9.17) is 9.47 Å². The summed E-state index contributed by atoms with van der Waals surface area (Å²) in [7, 11) is 7.07. The van der Waals surface area contributed by atoms with Gasteiger partial charge in [-0.3, -0.25) is 4.79 Å². The lowest BCUT2D eigenvalue weighted by Gasteiger charge is -2.23. The molecule has 146 valence electrons. The Hall–Kier alpha value is -2.28. The van der Waals surface area contributed by atoms with Gasteiger partial charge in [0.1, 0.15) is 12.3 Å². The highest BCUT2D eigenvalue weighted by Crippen LogP contribution is 2.12. The molecule has 1 aromatic rings. The first-order chi connectivity index (χ1) is 12.5. The number of hydrogen-bond donors (Lipinski definition) is 1. The van der Waals surface area contributed by atoms with Crippen LogP contribution >= 0.6 is 0 Å². The number of hydrogen-bond acceptors (Lipinski definition) is 4. The molecule has 0 saturated carbocycles. The number of aliphatic imine (C=N–C) groups is 1. The molecule has 1 rings (SSSR count). The molecule has 0 saturated heterocycles. The number of nitrogens with one attached hydrogen (secondary N) is 1. The van der Waals surface area contributed by atoms with Gasteiger partial charge in [0.2, 0.25) is 5.91 Å². The Balaban J connectivity index is 2.70. The number of likely N-dealkylation sites (N-methyl/N-ethyl adjacent to an activating group) is 1. The van der Waals surface area contributed by atoms with Crippen molar-refractivity contribution in [2.24, 2.45) is 4.99 Å². The summed E-state index contributed by atoms with van der Waals surface area (Å²) in [4.78, 5) is 19.9. The number of guanidine groups is 1. The molecule has 26 heavy (non-hydrogen) atoms. The molecule has 0 spiro atoms. The van der Waals surface area contributed by atoms with Gasteiger partial charge in [-0.25, -0.2) is 4.99 Å². The molecule has 0 bridgehead atoms. The Bertz CT molecular complexity index is 558. The van der Waals surface area contributed by atoms with Crippen LogP contribution in [0.5, 0.6) is 5.75 Å². The quantitative estimate of drug-likeness (QED) is 0.388. The van der Waals surface area contributed by atoms with Gasteiger partial charge < -0.3 is 24.6 Å². The van der Waals surface area contributed by atoms with Crippen molar-refractivity contribution in [3.63, 3.8) is 0 Å². The Labute approximate surface area is 157 Å². The third-order valence-corrected chi connectivity index (χ3v) is 3.76. The Morgan fingerprint density at radius 1 is 1.19 bits per heavy atom. The largest absolute Gasteiger partial charge is 0.497 e. The van der Waals surface area contributed by atoms with Crippen LogP contribution in [0.15, 0.2) is 29.3 Å². The minimum absolute atomic E-state index is 0.0311. The summed E-state index contributed by atoms with van der Waals surface area (Å²) in [6, 6.07) is 7.91. The number of methoxy groups -OCH3 is 1. The molecular formula is C19H32N4O3. The molecule has 0 aliphatic rings. The van der Waals surface area contributed by atoms with E-state index in [1.807, 2.05) is 43.1 Å². The van der Waals surface area contributed by atoms with Crippen LogP contribution < -0.4 is 10.1 Å². The monoisotopic (exact) mass is 364 g/mol. The number of ether oxygens (including phenoxy) is 2. The van der Waals surface area contributed by atoms with Crippen molar-refractivity contribution in [2.75, 3.05) is 54.6 Å². The van der Waals surface area contributed by atoms with Crippen molar-refractivity contribution in [1.29, 1.82) is 0 Å². The second-order valence-electron chi connectivity index (χ2n) is 6.11. The SMILES string of the molecule is CCOCCCNC(=NCC(=O)N(C)C)N(C)Cc1ccc(OC)cc1. The number of nitrogens with zero attached hydrogens (tertiary/aromatic N) is 3. The van der Waals surface area contributed by atoms with E-state index >= 15 is 0 Å². The number of benzene rings is 1. The lowest BCUT2D eigenvalue weighted by molar-refractivity contribution is -0.127. The van der Waals surface area contributed by atoms with Crippen LogP contribution in [0, 0.1) is 0 Å². The zero-order chi connectivity index (χ0) is 19.4. The number of carbonyl (C=O) groups is 1. The first-order valence-electron chi connectivity index (χ1n) is 8.88. The second-order valence-corrected chi connectivity index (χ2v) is 6.11. The predicted molar refractivity (Wildman–Crippen MR) is 105 cm³/mol. The van der Waals surface area contributed by atoms with Gasteiger partial charge in [0, 0.05) is 47.4 Å². The van der Waals surface area contributed by atoms with Crippen LogP contribution in [0.3, 0.4) is 0 Å². The lowest BCUT2D eigenvalue weighted by Crippen LogP contribution is -2.40. The topological polar surface area (TPSA) is 66.4 Å². The molecule has 0 radical (unpaired) electrons. The zero-order valence-corrected chi connectivity index (χ0v) is 16.6. The van der Waals surface area contributed by atoms with E-state index < -0.39 is 0 Å². The zero-order valence-electron chi connectivity index (χ0n) is 16.6. The van der Waals surface area contributed by atoms with Gasteiger partial charge in [-0.05, 0) is 31.0 Å². The van der Waals surface area contributed by atoms with Crippen molar-refractivity contribution < 1.29 is 14.3 Å². The van der Waals surface area contributed by atoms with Crippen LogP contribution in [-0.4, -0.2) is 76.2 Å². The summed E-state index contributed by atoms with van der Waals surface area (Å²) in [5.74, 6) is 1.50. The van der Waals surface area contributed by atoms with E-state index in [1.54, 1.807) is 26.1 Å². The summed E-state index contributed by atoms with van der Waals surface area (Å²) in [5, 5.41) is 3.32. The van der Waals surface area contributed by atoms with Crippen LogP contribution in [-0.2, 0) is 16.1 Å². The van der Waals surface area contributed by atoms with E-state index in [2.05, 4.69) is 10.3 Å². The summed E-state index contributed by atoms with van der Waals surface area (Å²) < 4.78 is 10.5. The normalized spacial score (nSPS) is 11.2. The van der Waals surface area contributed by atoms with Crippen molar-refractivity contribution in [3.05, 3.63) is 29.8 Å². The van der Waals surface area contributed by atoms with Gasteiger partial charge in [-0.2, -0.15) is 0 Å². The summed E-state index contributed by atoms with van der Waals surface area (Å²) in [6.45, 7) is 4.94. The average molecular weight is 364 g/mol. The minimum Gasteiger partial charge on any atom is -0.497 e. The first kappa shape index (κ1) is 21.8. The molecule has 1 N–H and O–H groups in total. The highest BCUT2D eigenvalue weighted by atomic mass is 16.5. The van der Waals surface area contributed by atoms with Gasteiger partial charge in [0.05, 0.1) is 7.11 Å². The number of rotatable bonds is 10. The third-order valence-electron chi connectivity index (χ3n) is 3.76. The number of amides is 1. The summed E-state index contributed by atoms with van der Waals surface area (Å²) >= 11 is 0.